The van der Waals surface area contributed by atoms with E-state index in [1.165, 1.54) is 28.2 Å². The normalized spacial score (nSPS) is 14.2. The minimum Gasteiger partial charge on any atom is -0.310 e. The zero-order valence-electron chi connectivity index (χ0n) is 11.8. The van der Waals surface area contributed by atoms with Crippen molar-refractivity contribution >= 4 is 38.7 Å². The first-order chi connectivity index (χ1) is 10.7. The molecule has 0 fully saturated rings. The van der Waals surface area contributed by atoms with Crippen molar-refractivity contribution in [2.24, 2.45) is 0 Å². The number of aromatic nitrogens is 2. The molecule has 3 aromatic rings. The lowest BCUT2D eigenvalue weighted by Crippen LogP contribution is -2.15. The highest BCUT2D eigenvalue weighted by molar-refractivity contribution is 7.18. The number of hydrogen-bond donors (Lipinski definition) is 1. The minimum absolute atomic E-state index is 0.00109. The van der Waals surface area contributed by atoms with Crippen LogP contribution in [0.15, 0.2) is 22.3 Å². The topological polar surface area (TPSA) is 62.8 Å². The van der Waals surface area contributed by atoms with E-state index in [2.05, 4.69) is 9.97 Å². The van der Waals surface area contributed by atoms with Gasteiger partial charge >= 0.3 is 0 Å². The smallest absolute Gasteiger partial charge is 0.259 e. The fraction of sp³-hybridized carbons (Fsp3) is 0.312. The Hall–Kier alpha value is -1.79. The van der Waals surface area contributed by atoms with Gasteiger partial charge in [0.2, 0.25) is 0 Å². The van der Waals surface area contributed by atoms with Gasteiger partial charge in [-0.1, -0.05) is 6.07 Å². The summed E-state index contributed by atoms with van der Waals surface area (Å²) >= 11 is 3.03. The molecule has 0 bridgehead atoms. The number of thiophene rings is 2. The van der Waals surface area contributed by atoms with Crippen molar-refractivity contribution < 1.29 is 4.79 Å². The standard InChI is InChI=1S/C16H14N2O2S2/c19-10(12-6-3-7-21-12)8-13-17-15(20)14-9-4-1-2-5-11(9)22-16(14)18-13/h3,6-7H,1-2,4-5,8H2,(H,17,18,20). The number of carbonyl (C=O) groups is 1. The second-order valence-electron chi connectivity index (χ2n) is 5.48. The second kappa shape index (κ2) is 5.44. The molecule has 1 aliphatic carbocycles. The van der Waals surface area contributed by atoms with Crippen LogP contribution in [0.4, 0.5) is 0 Å². The van der Waals surface area contributed by atoms with Crippen molar-refractivity contribution in [3.63, 3.8) is 0 Å². The number of aromatic amines is 1. The average Bonchev–Trinajstić information content (AvgIpc) is 3.14. The monoisotopic (exact) mass is 330 g/mol. The molecule has 0 unspecified atom stereocenters. The number of Topliss-reactive ketones (excluding diaryl/α,β-unsaturated/α-hetero) is 1. The van der Waals surface area contributed by atoms with Crippen molar-refractivity contribution in [2.75, 3.05) is 0 Å². The summed E-state index contributed by atoms with van der Waals surface area (Å²) in [6, 6.07) is 3.65. The van der Waals surface area contributed by atoms with E-state index in [0.29, 0.717) is 10.7 Å². The third-order valence-corrected chi connectivity index (χ3v) is 6.09. The number of hydrogen-bond acceptors (Lipinski definition) is 5. The molecule has 22 heavy (non-hydrogen) atoms. The number of fused-ring (bicyclic) bond motifs is 3. The molecule has 3 aromatic heterocycles. The summed E-state index contributed by atoms with van der Waals surface area (Å²) in [5.41, 5.74) is 1.08. The summed E-state index contributed by atoms with van der Waals surface area (Å²) in [7, 11) is 0. The molecule has 0 atom stereocenters. The zero-order valence-corrected chi connectivity index (χ0v) is 13.5. The molecule has 3 heterocycles. The van der Waals surface area contributed by atoms with E-state index in [9.17, 15) is 9.59 Å². The fourth-order valence-corrected chi connectivity index (χ4v) is 4.91. The molecule has 0 saturated carbocycles. The number of carbonyl (C=O) groups excluding carboxylic acids is 1. The Morgan fingerprint density at radius 1 is 1.32 bits per heavy atom. The Bertz CT molecular complexity index is 906. The van der Waals surface area contributed by atoms with E-state index in [1.54, 1.807) is 17.4 Å². The summed E-state index contributed by atoms with van der Waals surface area (Å²) in [5, 5.41) is 2.62. The minimum atomic E-state index is -0.0987. The van der Waals surface area contributed by atoms with E-state index in [4.69, 9.17) is 0 Å². The third kappa shape index (κ3) is 2.32. The van der Waals surface area contributed by atoms with E-state index in [-0.39, 0.29) is 17.8 Å². The third-order valence-electron chi connectivity index (χ3n) is 4.00. The van der Waals surface area contributed by atoms with Gasteiger partial charge in [0, 0.05) is 4.88 Å². The molecule has 0 saturated heterocycles. The molecular formula is C16H14N2O2S2. The molecule has 112 valence electrons. The Morgan fingerprint density at radius 3 is 3.00 bits per heavy atom. The summed E-state index contributed by atoms with van der Waals surface area (Å²) in [5.74, 6) is 0.466. The maximum Gasteiger partial charge on any atom is 0.259 e. The van der Waals surface area contributed by atoms with Crippen LogP contribution in [-0.4, -0.2) is 15.8 Å². The van der Waals surface area contributed by atoms with Gasteiger partial charge in [0.25, 0.3) is 5.56 Å². The Balaban J connectivity index is 1.74. The molecule has 0 aliphatic heterocycles. The number of nitrogens with one attached hydrogen (secondary N) is 1. The maximum absolute atomic E-state index is 12.4. The predicted molar refractivity (Wildman–Crippen MR) is 89.2 cm³/mol. The van der Waals surface area contributed by atoms with E-state index in [0.717, 1.165) is 29.5 Å². The summed E-state index contributed by atoms with van der Waals surface area (Å²) < 4.78 is 0. The van der Waals surface area contributed by atoms with Crippen LogP contribution >= 0.6 is 22.7 Å². The van der Waals surface area contributed by atoms with Gasteiger partial charge in [-0.15, -0.1) is 22.7 Å². The lowest BCUT2D eigenvalue weighted by Gasteiger charge is -2.09. The first kappa shape index (κ1) is 13.8. The van der Waals surface area contributed by atoms with Gasteiger partial charge in [0.05, 0.1) is 16.7 Å². The van der Waals surface area contributed by atoms with E-state index < -0.39 is 0 Å². The average molecular weight is 330 g/mol. The van der Waals surface area contributed by atoms with Crippen LogP contribution in [0.2, 0.25) is 0 Å². The van der Waals surface area contributed by atoms with Crippen LogP contribution in [0.5, 0.6) is 0 Å². The lowest BCUT2D eigenvalue weighted by molar-refractivity contribution is 0.0994. The summed E-state index contributed by atoms with van der Waals surface area (Å²) in [4.78, 5) is 34.7. The van der Waals surface area contributed by atoms with Crippen LogP contribution in [-0.2, 0) is 19.3 Å². The maximum atomic E-state index is 12.4. The van der Waals surface area contributed by atoms with Crippen LogP contribution in [0.25, 0.3) is 10.2 Å². The predicted octanol–water partition coefficient (Wildman–Crippen LogP) is 3.35. The Labute approximate surface area is 134 Å². The van der Waals surface area contributed by atoms with Crippen molar-refractivity contribution in [3.05, 3.63) is 49.0 Å². The highest BCUT2D eigenvalue weighted by atomic mass is 32.1. The van der Waals surface area contributed by atoms with Crippen LogP contribution in [0.3, 0.4) is 0 Å². The van der Waals surface area contributed by atoms with Gasteiger partial charge in [-0.05, 0) is 42.7 Å². The van der Waals surface area contributed by atoms with E-state index >= 15 is 0 Å². The molecule has 0 radical (unpaired) electrons. The molecule has 0 aromatic carbocycles. The first-order valence-corrected chi connectivity index (χ1v) is 9.02. The van der Waals surface area contributed by atoms with Gasteiger partial charge < -0.3 is 4.98 Å². The van der Waals surface area contributed by atoms with E-state index in [1.807, 2.05) is 11.4 Å². The molecule has 1 N–H and O–H groups in total. The van der Waals surface area contributed by atoms with Crippen LogP contribution < -0.4 is 5.56 Å². The highest BCUT2D eigenvalue weighted by Crippen LogP contribution is 2.33. The van der Waals surface area contributed by atoms with Gasteiger partial charge in [0.1, 0.15) is 10.7 Å². The lowest BCUT2D eigenvalue weighted by atomic mass is 9.97. The summed E-state index contributed by atoms with van der Waals surface area (Å²) in [6.07, 6.45) is 4.47. The number of nitrogens with zero attached hydrogens (tertiary/aromatic N) is 1. The van der Waals surface area contributed by atoms with Gasteiger partial charge in [-0.2, -0.15) is 0 Å². The molecule has 0 amide bonds. The quantitative estimate of drug-likeness (QED) is 0.749. The molecule has 4 rings (SSSR count). The fourth-order valence-electron chi connectivity index (χ4n) is 2.97. The van der Waals surface area contributed by atoms with Gasteiger partial charge in [0.15, 0.2) is 5.78 Å². The number of aryl methyl sites for hydroxylation is 2. The number of rotatable bonds is 3. The Kier molecular flexibility index (Phi) is 3.43. The summed E-state index contributed by atoms with van der Waals surface area (Å²) in [6.45, 7) is 0. The Morgan fingerprint density at radius 2 is 2.18 bits per heavy atom. The van der Waals surface area contributed by atoms with Crippen molar-refractivity contribution in [3.8, 4) is 0 Å². The molecule has 4 nitrogen and oxygen atoms in total. The zero-order chi connectivity index (χ0) is 15.1. The second-order valence-corrected chi connectivity index (χ2v) is 7.51. The van der Waals surface area contributed by atoms with Crippen LogP contribution in [0, 0.1) is 0 Å². The number of H-pyrrole nitrogens is 1. The van der Waals surface area contributed by atoms with Crippen molar-refractivity contribution in [1.29, 1.82) is 0 Å². The molecule has 1 aliphatic rings. The SMILES string of the molecule is O=C(Cc1nc2sc3c(c2c(=O)[nH]1)CCCC3)c1cccs1. The van der Waals surface area contributed by atoms with Crippen molar-refractivity contribution in [2.45, 2.75) is 32.1 Å². The highest BCUT2D eigenvalue weighted by Gasteiger charge is 2.20. The van der Waals surface area contributed by atoms with Gasteiger partial charge in [-0.25, -0.2) is 4.98 Å². The van der Waals surface area contributed by atoms with Crippen molar-refractivity contribution in [1.82, 2.24) is 9.97 Å². The molecular weight excluding hydrogens is 316 g/mol. The molecule has 6 heteroatoms. The number of ketones is 1. The largest absolute Gasteiger partial charge is 0.310 e. The van der Waals surface area contributed by atoms with Crippen LogP contribution in [0.1, 0.15) is 38.8 Å². The molecule has 0 spiro atoms. The first-order valence-electron chi connectivity index (χ1n) is 7.32. The van der Waals surface area contributed by atoms with Gasteiger partial charge in [-0.3, -0.25) is 9.59 Å².